The van der Waals surface area contributed by atoms with Crippen molar-refractivity contribution in [3.8, 4) is 0 Å². The van der Waals surface area contributed by atoms with Crippen LogP contribution in [-0.2, 0) is 17.8 Å². The lowest BCUT2D eigenvalue weighted by atomic mass is 10.0. The Hall–Kier alpha value is -2.43. The Kier molecular flexibility index (Phi) is 6.59. The molecule has 1 amide bonds. The topological polar surface area (TPSA) is 90.6 Å². The predicted molar refractivity (Wildman–Crippen MR) is 117 cm³/mol. The van der Waals surface area contributed by atoms with Gasteiger partial charge < -0.3 is 19.9 Å². The standard InChI is InChI=1S/C21H26FN5O3S/c1-23-20(28)15-3-4-17(19(22)24-15)27-7-5-26(6-8-27)11-14-10-16-13(12-30-14)9-18(31-2)21(29)25-16/h3-4,9,14H,5-8,10-12H2,1-2H3,(H,23,28)(H,25,29). The normalized spacial score (nSPS) is 19.2. The Morgan fingerprint density at radius 3 is 2.81 bits per heavy atom. The maximum atomic E-state index is 14.4. The number of halogens is 1. The molecule has 2 aromatic heterocycles. The number of aromatic amines is 1. The summed E-state index contributed by atoms with van der Waals surface area (Å²) in [5, 5.41) is 2.45. The van der Waals surface area contributed by atoms with E-state index in [4.69, 9.17) is 4.74 Å². The number of carbonyl (C=O) groups excluding carboxylic acids is 1. The van der Waals surface area contributed by atoms with E-state index in [-0.39, 0.29) is 17.4 Å². The van der Waals surface area contributed by atoms with E-state index in [0.29, 0.717) is 36.7 Å². The first kappa shape index (κ1) is 21.8. The zero-order valence-corrected chi connectivity index (χ0v) is 18.4. The first-order valence-corrected chi connectivity index (χ1v) is 11.5. The molecule has 2 aliphatic heterocycles. The van der Waals surface area contributed by atoms with Gasteiger partial charge in [-0.05, 0) is 30.0 Å². The summed E-state index contributed by atoms with van der Waals surface area (Å²) in [7, 11) is 1.49. The predicted octanol–water partition coefficient (Wildman–Crippen LogP) is 1.25. The van der Waals surface area contributed by atoms with Crippen molar-refractivity contribution >= 4 is 23.4 Å². The number of pyridine rings is 2. The molecule has 2 aliphatic rings. The fourth-order valence-electron chi connectivity index (χ4n) is 4.04. The van der Waals surface area contributed by atoms with E-state index in [2.05, 4.69) is 20.2 Å². The molecule has 0 aliphatic carbocycles. The molecular weight excluding hydrogens is 421 g/mol. The van der Waals surface area contributed by atoms with E-state index in [0.717, 1.165) is 30.9 Å². The van der Waals surface area contributed by atoms with E-state index in [1.807, 2.05) is 17.2 Å². The van der Waals surface area contributed by atoms with Crippen LogP contribution < -0.4 is 15.8 Å². The Balaban J connectivity index is 1.33. The van der Waals surface area contributed by atoms with Crippen LogP contribution in [0.5, 0.6) is 0 Å². The zero-order valence-electron chi connectivity index (χ0n) is 17.6. The summed E-state index contributed by atoms with van der Waals surface area (Å²) in [6.07, 6.45) is 2.58. The smallest absolute Gasteiger partial charge is 0.269 e. The molecule has 166 valence electrons. The van der Waals surface area contributed by atoms with E-state index in [1.54, 1.807) is 12.1 Å². The highest BCUT2D eigenvalue weighted by atomic mass is 32.2. The van der Waals surface area contributed by atoms with Gasteiger partial charge in [-0.15, -0.1) is 11.8 Å². The summed E-state index contributed by atoms with van der Waals surface area (Å²) in [5.41, 5.74) is 2.45. The van der Waals surface area contributed by atoms with Gasteiger partial charge in [-0.1, -0.05) is 0 Å². The number of anilines is 1. The molecule has 1 fully saturated rings. The number of piperazine rings is 1. The van der Waals surface area contributed by atoms with Crippen LogP contribution in [0.25, 0.3) is 0 Å². The number of nitrogens with zero attached hydrogens (tertiary/aromatic N) is 3. The number of hydrogen-bond donors (Lipinski definition) is 2. The number of aromatic nitrogens is 2. The Bertz CT molecular complexity index is 1020. The van der Waals surface area contributed by atoms with Gasteiger partial charge in [0.05, 0.1) is 23.3 Å². The number of thioether (sulfide) groups is 1. The van der Waals surface area contributed by atoms with Crippen LogP contribution in [0.15, 0.2) is 27.9 Å². The fraction of sp³-hybridized carbons (Fsp3) is 0.476. The average molecular weight is 448 g/mol. The first-order valence-electron chi connectivity index (χ1n) is 10.2. The number of nitrogens with one attached hydrogen (secondary N) is 2. The van der Waals surface area contributed by atoms with Crippen molar-refractivity contribution in [2.45, 2.75) is 24.0 Å². The van der Waals surface area contributed by atoms with Gasteiger partial charge in [0.15, 0.2) is 0 Å². The van der Waals surface area contributed by atoms with Gasteiger partial charge in [-0.25, -0.2) is 4.98 Å². The van der Waals surface area contributed by atoms with E-state index in [1.165, 1.54) is 18.8 Å². The van der Waals surface area contributed by atoms with Crippen LogP contribution in [0.2, 0.25) is 0 Å². The van der Waals surface area contributed by atoms with Crippen molar-refractivity contribution in [2.24, 2.45) is 0 Å². The van der Waals surface area contributed by atoms with Gasteiger partial charge in [0.25, 0.3) is 11.5 Å². The summed E-state index contributed by atoms with van der Waals surface area (Å²) in [6.45, 7) is 4.12. The number of hydrogen-bond acceptors (Lipinski definition) is 7. The minimum absolute atomic E-state index is 0.0140. The number of rotatable bonds is 5. The number of ether oxygens (including phenoxy) is 1. The summed E-state index contributed by atoms with van der Waals surface area (Å²) in [4.78, 5) is 35.5. The number of H-pyrrole nitrogens is 1. The molecule has 10 heteroatoms. The van der Waals surface area contributed by atoms with Crippen LogP contribution >= 0.6 is 11.8 Å². The Morgan fingerprint density at radius 2 is 2.13 bits per heavy atom. The third-order valence-corrected chi connectivity index (χ3v) is 6.51. The lowest BCUT2D eigenvalue weighted by Gasteiger charge is -2.38. The highest BCUT2D eigenvalue weighted by Crippen LogP contribution is 2.23. The van der Waals surface area contributed by atoms with Gasteiger partial charge in [-0.2, -0.15) is 4.39 Å². The molecular formula is C21H26FN5O3S. The molecule has 0 spiro atoms. The van der Waals surface area contributed by atoms with Gasteiger partial charge in [0, 0.05) is 51.9 Å². The third-order valence-electron chi connectivity index (χ3n) is 5.77. The second-order valence-corrected chi connectivity index (χ2v) is 8.53. The van der Waals surface area contributed by atoms with Crippen molar-refractivity contribution in [2.75, 3.05) is 50.9 Å². The lowest BCUT2D eigenvalue weighted by molar-refractivity contribution is 0.00260. The molecule has 2 N–H and O–H groups in total. The van der Waals surface area contributed by atoms with Crippen molar-refractivity contribution < 1.29 is 13.9 Å². The van der Waals surface area contributed by atoms with Crippen LogP contribution in [0.4, 0.5) is 10.1 Å². The number of carbonyl (C=O) groups is 1. The zero-order chi connectivity index (χ0) is 22.0. The second-order valence-electron chi connectivity index (χ2n) is 7.68. The molecule has 2 aromatic rings. The Labute approximate surface area is 184 Å². The average Bonchev–Trinajstić information content (AvgIpc) is 2.78. The van der Waals surface area contributed by atoms with Gasteiger partial charge >= 0.3 is 0 Å². The molecule has 31 heavy (non-hydrogen) atoms. The van der Waals surface area contributed by atoms with E-state index < -0.39 is 11.9 Å². The minimum Gasteiger partial charge on any atom is -0.372 e. The molecule has 1 atom stereocenters. The molecule has 1 saturated heterocycles. The SMILES string of the molecule is CNC(=O)c1ccc(N2CCN(CC3Cc4[nH]c(=O)c(SC)cc4CO3)CC2)c(F)n1. The largest absolute Gasteiger partial charge is 0.372 e. The molecule has 0 aromatic carbocycles. The van der Waals surface area contributed by atoms with Gasteiger partial charge in [0.2, 0.25) is 5.95 Å². The molecule has 4 rings (SSSR count). The Morgan fingerprint density at radius 1 is 1.35 bits per heavy atom. The summed E-state index contributed by atoms with van der Waals surface area (Å²) in [6, 6.07) is 5.08. The second kappa shape index (κ2) is 9.37. The third kappa shape index (κ3) is 4.76. The molecule has 0 saturated carbocycles. The summed E-state index contributed by atoms with van der Waals surface area (Å²) >= 11 is 1.44. The fourth-order valence-corrected chi connectivity index (χ4v) is 4.54. The molecule has 0 bridgehead atoms. The maximum absolute atomic E-state index is 14.4. The summed E-state index contributed by atoms with van der Waals surface area (Å²) < 4.78 is 20.5. The van der Waals surface area contributed by atoms with Crippen molar-refractivity contribution in [1.29, 1.82) is 0 Å². The summed E-state index contributed by atoms with van der Waals surface area (Å²) in [5.74, 6) is -1.04. The number of fused-ring (bicyclic) bond motifs is 1. The van der Waals surface area contributed by atoms with Gasteiger partial charge in [-0.3, -0.25) is 14.5 Å². The van der Waals surface area contributed by atoms with Gasteiger partial charge in [0.1, 0.15) is 5.69 Å². The maximum Gasteiger partial charge on any atom is 0.269 e. The monoisotopic (exact) mass is 447 g/mol. The van der Waals surface area contributed by atoms with Crippen molar-refractivity contribution in [3.63, 3.8) is 0 Å². The molecule has 8 nitrogen and oxygen atoms in total. The lowest BCUT2D eigenvalue weighted by Crippen LogP contribution is -2.50. The molecule has 0 radical (unpaired) electrons. The van der Waals surface area contributed by atoms with E-state index in [9.17, 15) is 14.0 Å². The van der Waals surface area contributed by atoms with Crippen LogP contribution in [0.3, 0.4) is 0 Å². The minimum atomic E-state index is -0.629. The quantitative estimate of drug-likeness (QED) is 0.527. The highest BCUT2D eigenvalue weighted by Gasteiger charge is 2.26. The molecule has 1 unspecified atom stereocenters. The number of amides is 1. The van der Waals surface area contributed by atoms with Crippen LogP contribution in [-0.4, -0.2) is 72.9 Å². The highest BCUT2D eigenvalue weighted by molar-refractivity contribution is 7.98. The van der Waals surface area contributed by atoms with Crippen LogP contribution in [0.1, 0.15) is 21.7 Å². The van der Waals surface area contributed by atoms with E-state index >= 15 is 0 Å². The van der Waals surface area contributed by atoms with Crippen LogP contribution in [0, 0.1) is 5.95 Å². The van der Waals surface area contributed by atoms with Crippen molar-refractivity contribution in [1.82, 2.24) is 20.2 Å². The molecule has 4 heterocycles. The van der Waals surface area contributed by atoms with Crippen molar-refractivity contribution in [3.05, 3.63) is 51.5 Å². The first-order chi connectivity index (χ1) is 15.0.